The van der Waals surface area contributed by atoms with Gasteiger partial charge in [-0.05, 0) is 44.7 Å². The van der Waals surface area contributed by atoms with Gasteiger partial charge in [-0.3, -0.25) is 0 Å². The predicted octanol–water partition coefficient (Wildman–Crippen LogP) is 2.71. The second-order valence-electron chi connectivity index (χ2n) is 4.93. The summed E-state index contributed by atoms with van der Waals surface area (Å²) in [5.74, 6) is 0.771. The molecule has 15 heavy (non-hydrogen) atoms. The van der Waals surface area contributed by atoms with Gasteiger partial charge in [-0.15, -0.1) is 0 Å². The van der Waals surface area contributed by atoms with Gasteiger partial charge in [0.25, 0.3) is 0 Å². The molecule has 1 saturated heterocycles. The number of nitrogens with one attached hydrogen (secondary N) is 1. The monoisotopic (exact) mass is 213 g/mol. The van der Waals surface area contributed by atoms with Crippen molar-refractivity contribution in [1.29, 1.82) is 0 Å². The molecular weight excluding hydrogens is 186 g/mol. The zero-order valence-electron chi connectivity index (χ0n) is 10.2. The molecule has 1 aliphatic rings. The van der Waals surface area contributed by atoms with E-state index in [1.165, 1.54) is 38.5 Å². The molecule has 1 atom stereocenters. The average molecular weight is 213 g/mol. The van der Waals surface area contributed by atoms with Crippen molar-refractivity contribution in [3.63, 3.8) is 0 Å². The molecule has 0 aromatic carbocycles. The van der Waals surface area contributed by atoms with Gasteiger partial charge in [0.15, 0.2) is 0 Å². The Kier molecular flexibility index (Phi) is 7.03. The summed E-state index contributed by atoms with van der Waals surface area (Å²) in [5.41, 5.74) is 0. The van der Waals surface area contributed by atoms with Crippen LogP contribution in [0.25, 0.3) is 0 Å². The van der Waals surface area contributed by atoms with Crippen molar-refractivity contribution in [2.75, 3.05) is 13.1 Å². The Hall–Kier alpha value is -0.0800. The average Bonchev–Trinajstić information content (AvgIpc) is 2.26. The van der Waals surface area contributed by atoms with Gasteiger partial charge in [0, 0.05) is 0 Å². The molecule has 1 rings (SSSR count). The minimum atomic E-state index is -0.0371. The SMILES string of the molecule is CCCCCCC(O)CC1CCNCC1. The fourth-order valence-electron chi connectivity index (χ4n) is 2.43. The lowest BCUT2D eigenvalue weighted by atomic mass is 9.90. The van der Waals surface area contributed by atoms with Gasteiger partial charge in [-0.1, -0.05) is 32.6 Å². The normalized spacial score (nSPS) is 20.4. The zero-order valence-corrected chi connectivity index (χ0v) is 10.2. The first-order valence-corrected chi connectivity index (χ1v) is 6.71. The largest absolute Gasteiger partial charge is 0.393 e. The van der Waals surface area contributed by atoms with Crippen molar-refractivity contribution in [3.05, 3.63) is 0 Å². The van der Waals surface area contributed by atoms with Gasteiger partial charge < -0.3 is 10.4 Å². The van der Waals surface area contributed by atoms with Crippen molar-refractivity contribution in [3.8, 4) is 0 Å². The molecule has 2 N–H and O–H groups in total. The molecule has 0 aromatic heterocycles. The van der Waals surface area contributed by atoms with Gasteiger partial charge in [0.1, 0.15) is 0 Å². The van der Waals surface area contributed by atoms with Gasteiger partial charge in [-0.2, -0.15) is 0 Å². The summed E-state index contributed by atoms with van der Waals surface area (Å²) in [7, 11) is 0. The highest BCUT2D eigenvalue weighted by Crippen LogP contribution is 2.20. The van der Waals surface area contributed by atoms with Crippen LogP contribution in [0.5, 0.6) is 0 Å². The maximum Gasteiger partial charge on any atom is 0.0543 e. The van der Waals surface area contributed by atoms with Crippen LogP contribution in [0.2, 0.25) is 0 Å². The highest BCUT2D eigenvalue weighted by molar-refractivity contribution is 4.71. The Labute approximate surface area is 94.5 Å². The summed E-state index contributed by atoms with van der Waals surface area (Å²) in [4.78, 5) is 0. The summed E-state index contributed by atoms with van der Waals surface area (Å²) in [5, 5.41) is 13.2. The minimum Gasteiger partial charge on any atom is -0.393 e. The maximum atomic E-state index is 9.88. The fraction of sp³-hybridized carbons (Fsp3) is 1.00. The molecule has 0 aliphatic carbocycles. The number of aliphatic hydroxyl groups is 1. The van der Waals surface area contributed by atoms with Crippen LogP contribution in [0.4, 0.5) is 0 Å². The molecule has 2 nitrogen and oxygen atoms in total. The molecule has 0 amide bonds. The third-order valence-electron chi connectivity index (χ3n) is 3.46. The van der Waals surface area contributed by atoms with E-state index in [9.17, 15) is 5.11 Å². The van der Waals surface area contributed by atoms with Crippen molar-refractivity contribution >= 4 is 0 Å². The predicted molar refractivity (Wildman–Crippen MR) is 65.0 cm³/mol. The first-order valence-electron chi connectivity index (χ1n) is 6.71. The molecule has 1 fully saturated rings. The maximum absolute atomic E-state index is 9.88. The summed E-state index contributed by atoms with van der Waals surface area (Å²) in [6.07, 6.45) is 9.63. The zero-order chi connectivity index (χ0) is 10.9. The number of piperidine rings is 1. The highest BCUT2D eigenvalue weighted by atomic mass is 16.3. The van der Waals surface area contributed by atoms with E-state index in [2.05, 4.69) is 12.2 Å². The molecule has 0 spiro atoms. The van der Waals surface area contributed by atoms with Crippen LogP contribution in [0.3, 0.4) is 0 Å². The number of aliphatic hydroxyl groups excluding tert-OH is 1. The Balaban J connectivity index is 1.98. The third-order valence-corrected chi connectivity index (χ3v) is 3.46. The Bertz CT molecular complexity index is 143. The molecule has 0 saturated carbocycles. The van der Waals surface area contributed by atoms with Gasteiger partial charge in [0.2, 0.25) is 0 Å². The van der Waals surface area contributed by atoms with Crippen LogP contribution >= 0.6 is 0 Å². The summed E-state index contributed by atoms with van der Waals surface area (Å²) >= 11 is 0. The summed E-state index contributed by atoms with van der Waals surface area (Å²) in [6, 6.07) is 0. The fourth-order valence-corrected chi connectivity index (χ4v) is 2.43. The van der Waals surface area contributed by atoms with Crippen molar-refractivity contribution in [1.82, 2.24) is 5.32 Å². The molecule has 1 aliphatic heterocycles. The Morgan fingerprint density at radius 3 is 2.60 bits per heavy atom. The molecule has 1 heterocycles. The van der Waals surface area contributed by atoms with Gasteiger partial charge in [0.05, 0.1) is 6.10 Å². The van der Waals surface area contributed by atoms with Crippen molar-refractivity contribution in [2.45, 2.75) is 64.4 Å². The Morgan fingerprint density at radius 1 is 1.20 bits per heavy atom. The van der Waals surface area contributed by atoms with E-state index in [0.29, 0.717) is 0 Å². The third kappa shape index (κ3) is 6.16. The van der Waals surface area contributed by atoms with Gasteiger partial charge in [-0.25, -0.2) is 0 Å². The van der Waals surface area contributed by atoms with Crippen LogP contribution in [0.1, 0.15) is 58.3 Å². The molecule has 0 bridgehead atoms. The standard InChI is InChI=1S/C13H27NO/c1-2-3-4-5-6-13(15)11-12-7-9-14-10-8-12/h12-15H,2-11H2,1H3. The number of hydrogen-bond acceptors (Lipinski definition) is 2. The lowest BCUT2D eigenvalue weighted by molar-refractivity contribution is 0.121. The second-order valence-corrected chi connectivity index (χ2v) is 4.93. The van der Waals surface area contributed by atoms with E-state index in [4.69, 9.17) is 0 Å². The molecule has 1 unspecified atom stereocenters. The van der Waals surface area contributed by atoms with E-state index < -0.39 is 0 Å². The first kappa shape index (κ1) is 13.0. The van der Waals surface area contributed by atoms with E-state index in [-0.39, 0.29) is 6.10 Å². The molecule has 0 aromatic rings. The smallest absolute Gasteiger partial charge is 0.0543 e. The van der Waals surface area contributed by atoms with E-state index in [1.807, 2.05) is 0 Å². The second kappa shape index (κ2) is 8.12. The van der Waals surface area contributed by atoms with Crippen LogP contribution < -0.4 is 5.32 Å². The molecule has 2 heteroatoms. The highest BCUT2D eigenvalue weighted by Gasteiger charge is 2.16. The van der Waals surface area contributed by atoms with Crippen LogP contribution in [-0.2, 0) is 0 Å². The summed E-state index contributed by atoms with van der Waals surface area (Å²) in [6.45, 7) is 4.52. The van der Waals surface area contributed by atoms with Gasteiger partial charge >= 0.3 is 0 Å². The van der Waals surface area contributed by atoms with E-state index >= 15 is 0 Å². The number of hydrogen-bond donors (Lipinski definition) is 2. The Morgan fingerprint density at radius 2 is 1.93 bits per heavy atom. The quantitative estimate of drug-likeness (QED) is 0.637. The molecule has 0 radical (unpaired) electrons. The topological polar surface area (TPSA) is 32.3 Å². The first-order chi connectivity index (χ1) is 7.33. The minimum absolute atomic E-state index is 0.0371. The lowest BCUT2D eigenvalue weighted by Gasteiger charge is -2.24. The lowest BCUT2D eigenvalue weighted by Crippen LogP contribution is -2.29. The molecular formula is C13H27NO. The van der Waals surface area contributed by atoms with E-state index in [1.54, 1.807) is 0 Å². The van der Waals surface area contributed by atoms with Crippen LogP contribution in [0.15, 0.2) is 0 Å². The van der Waals surface area contributed by atoms with E-state index in [0.717, 1.165) is 31.8 Å². The number of rotatable bonds is 7. The molecule has 90 valence electrons. The van der Waals surface area contributed by atoms with Crippen molar-refractivity contribution < 1.29 is 5.11 Å². The number of unbranched alkanes of at least 4 members (excludes halogenated alkanes) is 3. The van der Waals surface area contributed by atoms with Crippen molar-refractivity contribution in [2.24, 2.45) is 5.92 Å². The summed E-state index contributed by atoms with van der Waals surface area (Å²) < 4.78 is 0. The van der Waals surface area contributed by atoms with Crippen LogP contribution in [0, 0.1) is 5.92 Å². The van der Waals surface area contributed by atoms with Crippen LogP contribution in [-0.4, -0.2) is 24.3 Å².